The Labute approximate surface area is 199 Å². The number of amides is 1. The summed E-state index contributed by atoms with van der Waals surface area (Å²) in [5.41, 5.74) is 2.88. The van der Waals surface area contributed by atoms with Crippen LogP contribution < -0.4 is 14.9 Å². The molecule has 2 aromatic carbocycles. The lowest BCUT2D eigenvalue weighted by Crippen LogP contribution is -2.24. The first-order chi connectivity index (χ1) is 16.9. The van der Waals surface area contributed by atoms with Crippen molar-refractivity contribution in [3.05, 3.63) is 90.7 Å². The third kappa shape index (κ3) is 6.26. The number of para-hydroxylation sites is 1. The molecule has 2 heterocycles. The summed E-state index contributed by atoms with van der Waals surface area (Å²) < 4.78 is 51.5. The van der Waals surface area contributed by atoms with Crippen LogP contribution in [0.5, 0.6) is 5.75 Å². The summed E-state index contributed by atoms with van der Waals surface area (Å²) in [6, 6.07) is 16.6. The number of sulfonamides is 1. The smallest absolute Gasteiger partial charge is 0.277 e. The molecule has 10 nitrogen and oxygen atoms in total. The van der Waals surface area contributed by atoms with Gasteiger partial charge < -0.3 is 9.15 Å². The standard InChI is InChI=1S/C23H18FN5O5S/c24-19-4-1-2-5-21(19)33-15-22(30)28-27-14-17-8-11-20(34-17)16-6-9-18(10-7-16)35(31,32)29-23-25-12-3-13-26-23/h1-14H,15H2,(H,28,30)(H,25,26,29). The third-order valence-electron chi connectivity index (χ3n) is 4.44. The largest absolute Gasteiger partial charge is 0.481 e. The molecule has 0 radical (unpaired) electrons. The number of anilines is 1. The van der Waals surface area contributed by atoms with Gasteiger partial charge in [0.15, 0.2) is 18.2 Å². The first kappa shape index (κ1) is 23.6. The van der Waals surface area contributed by atoms with Crippen molar-refractivity contribution in [2.75, 3.05) is 11.3 Å². The SMILES string of the molecule is O=C(COc1ccccc1F)NN=Cc1ccc(-c2ccc(S(=O)(=O)Nc3ncccn3)cc2)o1. The van der Waals surface area contributed by atoms with Gasteiger partial charge in [-0.1, -0.05) is 12.1 Å². The number of nitrogens with zero attached hydrogens (tertiary/aromatic N) is 3. The van der Waals surface area contributed by atoms with E-state index in [-0.39, 0.29) is 16.6 Å². The number of carbonyl (C=O) groups excluding carboxylic acids is 1. The average molecular weight is 495 g/mol. The zero-order valence-electron chi connectivity index (χ0n) is 18.0. The predicted molar refractivity (Wildman–Crippen MR) is 125 cm³/mol. The zero-order chi connectivity index (χ0) is 24.7. The zero-order valence-corrected chi connectivity index (χ0v) is 18.8. The molecule has 2 aromatic heterocycles. The van der Waals surface area contributed by atoms with E-state index in [1.165, 1.54) is 48.9 Å². The summed E-state index contributed by atoms with van der Waals surface area (Å²) in [6.45, 7) is -0.414. The second-order valence-corrected chi connectivity index (χ2v) is 8.60. The molecule has 0 bridgehead atoms. The maximum atomic E-state index is 13.5. The highest BCUT2D eigenvalue weighted by Gasteiger charge is 2.16. The van der Waals surface area contributed by atoms with E-state index >= 15 is 0 Å². The number of carbonyl (C=O) groups is 1. The molecule has 4 rings (SSSR count). The van der Waals surface area contributed by atoms with Crippen molar-refractivity contribution in [2.45, 2.75) is 4.90 Å². The van der Waals surface area contributed by atoms with Crippen molar-refractivity contribution in [1.82, 2.24) is 15.4 Å². The fraction of sp³-hybridized carbons (Fsp3) is 0.0435. The fourth-order valence-electron chi connectivity index (χ4n) is 2.81. The summed E-state index contributed by atoms with van der Waals surface area (Å²) in [5.74, 6) is -0.414. The van der Waals surface area contributed by atoms with Crippen molar-refractivity contribution in [2.24, 2.45) is 5.10 Å². The molecule has 0 aliphatic heterocycles. The first-order valence-electron chi connectivity index (χ1n) is 10.1. The molecule has 0 saturated heterocycles. The second kappa shape index (κ2) is 10.6. The highest BCUT2D eigenvalue weighted by molar-refractivity contribution is 7.92. The Hall–Kier alpha value is -4.58. The molecule has 0 atom stereocenters. The Balaban J connectivity index is 1.33. The van der Waals surface area contributed by atoms with Crippen LogP contribution in [0.15, 0.2) is 93.5 Å². The maximum Gasteiger partial charge on any atom is 0.277 e. The van der Waals surface area contributed by atoms with Gasteiger partial charge in [0.2, 0.25) is 5.95 Å². The van der Waals surface area contributed by atoms with E-state index in [0.717, 1.165) is 0 Å². The van der Waals surface area contributed by atoms with Crippen LogP contribution in [-0.2, 0) is 14.8 Å². The van der Waals surface area contributed by atoms with Crippen LogP contribution in [0.2, 0.25) is 0 Å². The minimum Gasteiger partial charge on any atom is -0.481 e. The Morgan fingerprint density at radius 1 is 1.03 bits per heavy atom. The molecule has 0 fully saturated rings. The Bertz CT molecular complexity index is 1440. The highest BCUT2D eigenvalue weighted by atomic mass is 32.2. The summed E-state index contributed by atoms with van der Waals surface area (Å²) >= 11 is 0. The Morgan fingerprint density at radius 2 is 1.77 bits per heavy atom. The number of hydrogen-bond acceptors (Lipinski definition) is 8. The predicted octanol–water partition coefficient (Wildman–Crippen LogP) is 3.21. The number of rotatable bonds is 9. The number of aromatic nitrogens is 2. The lowest BCUT2D eigenvalue weighted by molar-refractivity contribution is -0.123. The van der Waals surface area contributed by atoms with Crippen molar-refractivity contribution < 1.29 is 26.8 Å². The van der Waals surface area contributed by atoms with Crippen LogP contribution >= 0.6 is 0 Å². The van der Waals surface area contributed by atoms with Crippen molar-refractivity contribution in [3.8, 4) is 17.1 Å². The van der Waals surface area contributed by atoms with Gasteiger partial charge in [0, 0.05) is 18.0 Å². The van der Waals surface area contributed by atoms with E-state index in [0.29, 0.717) is 17.1 Å². The molecule has 0 aliphatic rings. The van der Waals surface area contributed by atoms with Gasteiger partial charge in [0.25, 0.3) is 15.9 Å². The van der Waals surface area contributed by atoms with E-state index < -0.39 is 28.4 Å². The number of halogens is 1. The van der Waals surface area contributed by atoms with E-state index in [2.05, 4.69) is 25.2 Å². The van der Waals surface area contributed by atoms with Gasteiger partial charge in [0.1, 0.15) is 11.5 Å². The van der Waals surface area contributed by atoms with E-state index in [4.69, 9.17) is 9.15 Å². The number of ether oxygens (including phenoxy) is 1. The van der Waals surface area contributed by atoms with Gasteiger partial charge in [-0.05, 0) is 54.6 Å². The van der Waals surface area contributed by atoms with Gasteiger partial charge in [0.05, 0.1) is 11.1 Å². The summed E-state index contributed by atoms with van der Waals surface area (Å²) in [4.78, 5) is 19.5. The molecule has 1 amide bonds. The fourth-order valence-corrected chi connectivity index (χ4v) is 3.77. The molecule has 2 N–H and O–H groups in total. The molecule has 0 spiro atoms. The normalized spacial score (nSPS) is 11.3. The number of benzene rings is 2. The second-order valence-electron chi connectivity index (χ2n) is 6.92. The van der Waals surface area contributed by atoms with Crippen LogP contribution in [0.3, 0.4) is 0 Å². The summed E-state index contributed by atoms with van der Waals surface area (Å²) in [6.07, 6.45) is 4.14. The molecule has 12 heteroatoms. The number of furan rings is 1. The van der Waals surface area contributed by atoms with Gasteiger partial charge in [-0.3, -0.25) is 4.79 Å². The van der Waals surface area contributed by atoms with Crippen molar-refractivity contribution in [3.63, 3.8) is 0 Å². The monoisotopic (exact) mass is 495 g/mol. The number of hydrazone groups is 1. The van der Waals surface area contributed by atoms with Crippen LogP contribution in [0.1, 0.15) is 5.76 Å². The molecule has 4 aromatic rings. The molecule has 35 heavy (non-hydrogen) atoms. The minimum atomic E-state index is -3.85. The van der Waals surface area contributed by atoms with E-state index in [1.807, 2.05) is 0 Å². The molecular weight excluding hydrogens is 477 g/mol. The quantitative estimate of drug-likeness (QED) is 0.269. The number of nitrogens with one attached hydrogen (secondary N) is 2. The molecule has 0 saturated carbocycles. The Morgan fingerprint density at radius 3 is 2.51 bits per heavy atom. The maximum absolute atomic E-state index is 13.5. The van der Waals surface area contributed by atoms with Crippen molar-refractivity contribution in [1.29, 1.82) is 0 Å². The lowest BCUT2D eigenvalue weighted by Gasteiger charge is -2.06. The minimum absolute atomic E-state index is 0.0300. The first-order valence-corrected chi connectivity index (χ1v) is 11.6. The Kier molecular flexibility index (Phi) is 7.12. The molecule has 178 valence electrons. The van der Waals surface area contributed by atoms with Crippen LogP contribution in [0.4, 0.5) is 10.3 Å². The van der Waals surface area contributed by atoms with Gasteiger partial charge >= 0.3 is 0 Å². The van der Waals surface area contributed by atoms with E-state index in [1.54, 1.807) is 36.4 Å². The third-order valence-corrected chi connectivity index (χ3v) is 5.79. The lowest BCUT2D eigenvalue weighted by atomic mass is 10.2. The summed E-state index contributed by atoms with van der Waals surface area (Å²) in [5, 5.41) is 3.78. The summed E-state index contributed by atoms with van der Waals surface area (Å²) in [7, 11) is -3.85. The molecular formula is C23H18FN5O5S. The van der Waals surface area contributed by atoms with Crippen molar-refractivity contribution >= 4 is 28.1 Å². The highest BCUT2D eigenvalue weighted by Crippen LogP contribution is 2.24. The molecule has 0 unspecified atom stereocenters. The van der Waals surface area contributed by atoms with Gasteiger partial charge in [-0.15, -0.1) is 0 Å². The molecule has 0 aliphatic carbocycles. The van der Waals surface area contributed by atoms with Crippen LogP contribution in [0.25, 0.3) is 11.3 Å². The average Bonchev–Trinajstić information content (AvgIpc) is 3.33. The van der Waals surface area contributed by atoms with Crippen LogP contribution in [-0.4, -0.2) is 37.1 Å². The number of hydrogen-bond donors (Lipinski definition) is 2. The van der Waals surface area contributed by atoms with Gasteiger partial charge in [-0.2, -0.15) is 5.10 Å². The topological polar surface area (TPSA) is 136 Å². The van der Waals surface area contributed by atoms with Crippen LogP contribution in [0, 0.1) is 5.82 Å². The van der Waals surface area contributed by atoms with Gasteiger partial charge in [-0.25, -0.2) is 32.9 Å². The van der Waals surface area contributed by atoms with E-state index in [9.17, 15) is 17.6 Å².